The van der Waals surface area contributed by atoms with E-state index in [2.05, 4.69) is 15.3 Å². The minimum absolute atomic E-state index is 0.394. The third-order valence-corrected chi connectivity index (χ3v) is 4.82. The van der Waals surface area contributed by atoms with Crippen LogP contribution in [0, 0.1) is 0 Å². The molecule has 2 atom stereocenters. The molecule has 0 saturated heterocycles. The van der Waals surface area contributed by atoms with Gasteiger partial charge in [-0.3, -0.25) is 0 Å². The van der Waals surface area contributed by atoms with E-state index < -0.39 is 16.8 Å². The molecule has 0 saturated carbocycles. The first-order valence-electron chi connectivity index (χ1n) is 7.31. The molecule has 1 aromatic carbocycles. The Morgan fingerprint density at radius 2 is 2.13 bits per heavy atom. The molecule has 2 aromatic rings. The summed E-state index contributed by atoms with van der Waals surface area (Å²) in [6.45, 7) is 3.05. The number of nitrogens with one attached hydrogen (secondary N) is 2. The minimum Gasteiger partial charge on any atom is -0.609 e. The molecule has 0 bridgehead atoms. The van der Waals surface area contributed by atoms with E-state index in [1.54, 1.807) is 26.6 Å². The molecule has 2 unspecified atom stereocenters. The average molecular weight is 337 g/mol. The van der Waals surface area contributed by atoms with Gasteiger partial charge >= 0.3 is 5.16 Å². The molecule has 2 N–H and O–H groups in total. The first-order valence-corrected chi connectivity index (χ1v) is 8.63. The molecule has 0 aliphatic carbocycles. The third kappa shape index (κ3) is 4.97. The molecule has 0 spiro atoms. The van der Waals surface area contributed by atoms with E-state index in [4.69, 9.17) is 9.47 Å². The zero-order valence-corrected chi connectivity index (χ0v) is 14.5. The molecule has 1 heterocycles. The minimum atomic E-state index is -1.21. The van der Waals surface area contributed by atoms with Crippen molar-refractivity contribution in [3.63, 3.8) is 0 Å². The van der Waals surface area contributed by atoms with Crippen LogP contribution in [0.3, 0.4) is 0 Å². The van der Waals surface area contributed by atoms with Crippen LogP contribution >= 0.6 is 0 Å². The predicted octanol–water partition coefficient (Wildman–Crippen LogP) is 2.18. The molecule has 0 amide bonds. The number of aromatic nitrogens is 2. The van der Waals surface area contributed by atoms with Crippen molar-refractivity contribution in [2.75, 3.05) is 32.7 Å². The summed E-state index contributed by atoms with van der Waals surface area (Å²) in [4.78, 5) is 6.94. The number of aromatic amines is 1. The lowest BCUT2D eigenvalue weighted by atomic mass is 10.1. The maximum atomic E-state index is 12.3. The molecular weight excluding hydrogens is 314 g/mol. The smallest absolute Gasteiger partial charge is 0.320 e. The summed E-state index contributed by atoms with van der Waals surface area (Å²) in [5, 5.41) is 3.86. The van der Waals surface area contributed by atoms with Crippen molar-refractivity contribution in [1.82, 2.24) is 9.97 Å². The van der Waals surface area contributed by atoms with Crippen LogP contribution in [0.1, 0.15) is 12.5 Å². The Balaban J connectivity index is 2.05. The van der Waals surface area contributed by atoms with E-state index in [0.717, 1.165) is 11.3 Å². The number of benzene rings is 1. The lowest BCUT2D eigenvalue weighted by molar-refractivity contribution is -0.0410. The van der Waals surface area contributed by atoms with Crippen molar-refractivity contribution in [2.45, 2.75) is 23.4 Å². The van der Waals surface area contributed by atoms with Gasteiger partial charge in [-0.1, -0.05) is 18.2 Å². The second-order valence-corrected chi connectivity index (χ2v) is 6.85. The van der Waals surface area contributed by atoms with Crippen molar-refractivity contribution >= 4 is 16.9 Å². The molecule has 23 heavy (non-hydrogen) atoms. The molecule has 0 aliphatic heterocycles. The number of ether oxygens (including phenoxy) is 2. The highest BCUT2D eigenvalue weighted by atomic mass is 32.2. The second kappa shape index (κ2) is 8.35. The zero-order chi connectivity index (χ0) is 16.7. The van der Waals surface area contributed by atoms with Gasteiger partial charge in [0.15, 0.2) is 0 Å². The Hall–Kier alpha value is -1.54. The number of nitrogens with zero attached hydrogens (tertiary/aromatic N) is 1. The maximum Gasteiger partial charge on any atom is 0.320 e. The predicted molar refractivity (Wildman–Crippen MR) is 90.9 cm³/mol. The van der Waals surface area contributed by atoms with Gasteiger partial charge in [0.1, 0.15) is 11.4 Å². The zero-order valence-electron chi connectivity index (χ0n) is 13.7. The summed E-state index contributed by atoms with van der Waals surface area (Å²) in [6, 6.07) is 7.81. The summed E-state index contributed by atoms with van der Waals surface area (Å²) in [6.07, 6.45) is 3.28. The van der Waals surface area contributed by atoms with Crippen molar-refractivity contribution < 1.29 is 14.0 Å². The van der Waals surface area contributed by atoms with Gasteiger partial charge in [-0.05, 0) is 13.0 Å². The number of hydrogen-bond donors (Lipinski definition) is 2. The first kappa shape index (κ1) is 17.8. The van der Waals surface area contributed by atoms with Crippen LogP contribution in [-0.2, 0) is 26.4 Å². The number of rotatable bonds is 9. The number of imidazole rings is 1. The Bertz CT molecular complexity index is 594. The highest BCUT2D eigenvalue weighted by Gasteiger charge is 2.24. The number of hydrogen-bond acceptors (Lipinski definition) is 5. The van der Waals surface area contributed by atoms with Crippen LogP contribution in [-0.4, -0.2) is 47.5 Å². The largest absolute Gasteiger partial charge is 0.609 e. The molecule has 126 valence electrons. The van der Waals surface area contributed by atoms with E-state index in [-0.39, 0.29) is 0 Å². The van der Waals surface area contributed by atoms with Gasteiger partial charge in [0, 0.05) is 55.6 Å². The Morgan fingerprint density at radius 1 is 1.35 bits per heavy atom. The molecule has 0 radical (unpaired) electrons. The average Bonchev–Trinajstić information content (AvgIpc) is 3.09. The fourth-order valence-corrected chi connectivity index (χ4v) is 3.22. The van der Waals surface area contributed by atoms with Crippen LogP contribution < -0.4 is 5.32 Å². The van der Waals surface area contributed by atoms with E-state index in [9.17, 15) is 4.55 Å². The van der Waals surface area contributed by atoms with Crippen molar-refractivity contribution in [3.8, 4) is 0 Å². The SMILES string of the molecule is COCC(C)(CNc1ccccc1C[S+]([O-])c1ncc[nH]1)OC. The number of para-hydroxylation sites is 1. The topological polar surface area (TPSA) is 82.2 Å². The standard InChI is InChI=1S/C16H23N3O3S/c1-16(22-3,12-21-2)11-19-14-7-5-4-6-13(14)10-23(20)15-17-8-9-18-15/h4-9,19H,10-12H2,1-3H3,(H,17,18). The fourth-order valence-electron chi connectivity index (χ4n) is 2.17. The van der Waals surface area contributed by atoms with Gasteiger partial charge in [0.05, 0.1) is 6.61 Å². The van der Waals surface area contributed by atoms with E-state index in [0.29, 0.717) is 24.1 Å². The summed E-state index contributed by atoms with van der Waals surface area (Å²) in [5.41, 5.74) is 1.48. The first-order chi connectivity index (χ1) is 11.1. The summed E-state index contributed by atoms with van der Waals surface area (Å²) in [5.74, 6) is 0.394. The lowest BCUT2D eigenvalue weighted by Crippen LogP contribution is -2.40. The lowest BCUT2D eigenvalue weighted by Gasteiger charge is -2.28. The third-order valence-electron chi connectivity index (χ3n) is 3.59. The van der Waals surface area contributed by atoms with Crippen LogP contribution in [0.2, 0.25) is 0 Å². The van der Waals surface area contributed by atoms with Crippen LogP contribution in [0.5, 0.6) is 0 Å². The molecular formula is C16H23N3O3S. The van der Waals surface area contributed by atoms with Crippen LogP contribution in [0.25, 0.3) is 0 Å². The Kier molecular flexibility index (Phi) is 6.47. The molecule has 6 nitrogen and oxygen atoms in total. The van der Waals surface area contributed by atoms with E-state index in [1.165, 1.54) is 0 Å². The Labute approximate surface area is 139 Å². The number of H-pyrrole nitrogens is 1. The molecule has 2 rings (SSSR count). The van der Waals surface area contributed by atoms with Gasteiger partial charge in [-0.2, -0.15) is 4.98 Å². The van der Waals surface area contributed by atoms with Crippen molar-refractivity contribution in [2.24, 2.45) is 0 Å². The van der Waals surface area contributed by atoms with Crippen molar-refractivity contribution in [1.29, 1.82) is 0 Å². The van der Waals surface area contributed by atoms with Crippen LogP contribution in [0.15, 0.2) is 41.8 Å². The fraction of sp³-hybridized carbons (Fsp3) is 0.438. The number of anilines is 1. The van der Waals surface area contributed by atoms with E-state index in [1.807, 2.05) is 31.2 Å². The monoisotopic (exact) mass is 337 g/mol. The van der Waals surface area contributed by atoms with Gasteiger partial charge in [-0.25, -0.2) is 0 Å². The number of methoxy groups -OCH3 is 2. The normalized spacial score (nSPS) is 15.1. The highest BCUT2D eigenvalue weighted by molar-refractivity contribution is 7.90. The van der Waals surface area contributed by atoms with Crippen molar-refractivity contribution in [3.05, 3.63) is 42.2 Å². The maximum absolute atomic E-state index is 12.3. The highest BCUT2D eigenvalue weighted by Crippen LogP contribution is 2.22. The molecule has 7 heteroatoms. The van der Waals surface area contributed by atoms with Gasteiger partial charge in [0.25, 0.3) is 0 Å². The van der Waals surface area contributed by atoms with E-state index >= 15 is 0 Å². The quantitative estimate of drug-likeness (QED) is 0.685. The van der Waals surface area contributed by atoms with Gasteiger partial charge < -0.3 is 24.3 Å². The molecule has 1 aromatic heterocycles. The van der Waals surface area contributed by atoms with Gasteiger partial charge in [-0.15, -0.1) is 0 Å². The van der Waals surface area contributed by atoms with Crippen LogP contribution in [0.4, 0.5) is 5.69 Å². The van der Waals surface area contributed by atoms with Gasteiger partial charge in [0.2, 0.25) is 0 Å². The Morgan fingerprint density at radius 3 is 2.78 bits per heavy atom. The summed E-state index contributed by atoms with van der Waals surface area (Å²) < 4.78 is 23.1. The molecule has 0 aliphatic rings. The molecule has 0 fully saturated rings. The second-order valence-electron chi connectivity index (χ2n) is 5.48. The summed E-state index contributed by atoms with van der Waals surface area (Å²) >= 11 is -1.21. The summed E-state index contributed by atoms with van der Waals surface area (Å²) in [7, 11) is 3.32.